The number of carbonyl (C=O) groups excluding carboxylic acids is 1. The van der Waals surface area contributed by atoms with Gasteiger partial charge in [0.1, 0.15) is 4.88 Å². The van der Waals surface area contributed by atoms with E-state index in [9.17, 15) is 4.79 Å². The number of hydrogen-bond acceptors (Lipinski definition) is 7. The fourth-order valence-electron chi connectivity index (χ4n) is 2.82. The molecule has 2 aromatic heterocycles. The summed E-state index contributed by atoms with van der Waals surface area (Å²) in [4.78, 5) is 21.0. The zero-order valence-electron chi connectivity index (χ0n) is 14.1. The lowest BCUT2D eigenvalue weighted by Crippen LogP contribution is -2.43. The molecule has 3 aromatic rings. The van der Waals surface area contributed by atoms with E-state index in [1.807, 2.05) is 35.7 Å². The van der Waals surface area contributed by atoms with E-state index in [0.717, 1.165) is 41.8 Å². The van der Waals surface area contributed by atoms with Crippen molar-refractivity contribution < 1.29 is 4.79 Å². The number of benzene rings is 1. The third-order valence-electron chi connectivity index (χ3n) is 4.21. The minimum Gasteiger partial charge on any atom is -0.397 e. The maximum Gasteiger partial charge on any atom is 0.267 e. The molecule has 1 aromatic carbocycles. The van der Waals surface area contributed by atoms with E-state index in [1.165, 1.54) is 11.3 Å². The summed E-state index contributed by atoms with van der Waals surface area (Å²) in [5.41, 5.74) is 8.26. The molecule has 0 saturated carbocycles. The van der Waals surface area contributed by atoms with Crippen LogP contribution in [0.3, 0.4) is 0 Å². The molecule has 4 rings (SSSR count). The largest absolute Gasteiger partial charge is 0.397 e. The second-order valence-electron chi connectivity index (χ2n) is 5.98. The average Bonchev–Trinajstić information content (AvgIpc) is 3.36. The van der Waals surface area contributed by atoms with Crippen LogP contribution in [0.2, 0.25) is 0 Å². The first-order valence-corrected chi connectivity index (χ1v) is 10.1. The number of aromatic nitrogens is 1. The first-order valence-electron chi connectivity index (χ1n) is 8.37. The Morgan fingerprint density at radius 2 is 2.12 bits per heavy atom. The summed E-state index contributed by atoms with van der Waals surface area (Å²) < 4.78 is 0. The predicted molar refractivity (Wildman–Crippen MR) is 109 cm³/mol. The van der Waals surface area contributed by atoms with E-state index in [0.29, 0.717) is 16.3 Å². The van der Waals surface area contributed by atoms with Crippen LogP contribution >= 0.6 is 22.7 Å². The number of amides is 1. The van der Waals surface area contributed by atoms with Crippen LogP contribution in [0.4, 0.5) is 16.5 Å². The lowest BCUT2D eigenvalue weighted by atomic mass is 10.1. The number of nitrogens with two attached hydrogens (primary N) is 1. The Kier molecular flexibility index (Phi) is 4.87. The van der Waals surface area contributed by atoms with E-state index in [1.54, 1.807) is 17.5 Å². The molecule has 0 atom stereocenters. The van der Waals surface area contributed by atoms with Crippen molar-refractivity contribution in [2.24, 2.45) is 0 Å². The molecule has 0 aliphatic carbocycles. The number of nitrogens with one attached hydrogen (secondary N) is 2. The maximum atomic E-state index is 12.6. The van der Waals surface area contributed by atoms with Crippen LogP contribution in [0.5, 0.6) is 0 Å². The third kappa shape index (κ3) is 3.57. The Balaban J connectivity index is 1.51. The van der Waals surface area contributed by atoms with Gasteiger partial charge in [0.05, 0.1) is 17.6 Å². The van der Waals surface area contributed by atoms with Gasteiger partial charge in [-0.2, -0.15) is 0 Å². The van der Waals surface area contributed by atoms with Crippen molar-refractivity contribution in [2.45, 2.75) is 0 Å². The molecule has 1 fully saturated rings. The molecule has 1 aliphatic rings. The second-order valence-corrected chi connectivity index (χ2v) is 7.93. The number of carbonyl (C=O) groups is 1. The summed E-state index contributed by atoms with van der Waals surface area (Å²) in [6.07, 6.45) is 1.64. The molecule has 3 heterocycles. The first-order chi connectivity index (χ1) is 12.7. The van der Waals surface area contributed by atoms with Crippen molar-refractivity contribution in [3.63, 3.8) is 0 Å². The SMILES string of the molecule is Nc1ccc(-c2cccs2)cc1NC(=O)c1cnc(N2CCNCC2)s1. The molecule has 1 amide bonds. The molecule has 134 valence electrons. The molecule has 0 unspecified atom stereocenters. The average molecular weight is 386 g/mol. The molecule has 4 N–H and O–H groups in total. The molecule has 0 bridgehead atoms. The number of thiophene rings is 1. The summed E-state index contributed by atoms with van der Waals surface area (Å²) in [7, 11) is 0. The van der Waals surface area contributed by atoms with Gasteiger partial charge in [0.2, 0.25) is 0 Å². The van der Waals surface area contributed by atoms with Crippen molar-refractivity contribution in [3.05, 3.63) is 46.8 Å². The molecular formula is C18H19N5OS2. The molecule has 1 saturated heterocycles. The van der Waals surface area contributed by atoms with Crippen LogP contribution in [0, 0.1) is 0 Å². The van der Waals surface area contributed by atoms with Crippen molar-refractivity contribution in [1.82, 2.24) is 10.3 Å². The van der Waals surface area contributed by atoms with E-state index >= 15 is 0 Å². The highest BCUT2D eigenvalue weighted by Crippen LogP contribution is 2.31. The Labute approximate surface area is 159 Å². The van der Waals surface area contributed by atoms with Gasteiger partial charge < -0.3 is 21.3 Å². The van der Waals surface area contributed by atoms with E-state index < -0.39 is 0 Å². The Morgan fingerprint density at radius 1 is 1.27 bits per heavy atom. The smallest absolute Gasteiger partial charge is 0.267 e. The highest BCUT2D eigenvalue weighted by molar-refractivity contribution is 7.17. The van der Waals surface area contributed by atoms with Crippen LogP contribution < -0.4 is 21.3 Å². The summed E-state index contributed by atoms with van der Waals surface area (Å²) in [6.45, 7) is 3.69. The summed E-state index contributed by atoms with van der Waals surface area (Å²) in [6, 6.07) is 9.75. The number of thiazole rings is 1. The van der Waals surface area contributed by atoms with Crippen LogP contribution in [-0.2, 0) is 0 Å². The van der Waals surface area contributed by atoms with Crippen molar-refractivity contribution in [1.29, 1.82) is 0 Å². The number of nitrogens with zero attached hydrogens (tertiary/aromatic N) is 2. The maximum absolute atomic E-state index is 12.6. The third-order valence-corrected chi connectivity index (χ3v) is 6.19. The van der Waals surface area contributed by atoms with Crippen molar-refractivity contribution in [2.75, 3.05) is 42.1 Å². The number of anilines is 3. The molecule has 0 spiro atoms. The van der Waals surface area contributed by atoms with Gasteiger partial charge in [0.25, 0.3) is 5.91 Å². The van der Waals surface area contributed by atoms with Crippen LogP contribution in [0.25, 0.3) is 10.4 Å². The van der Waals surface area contributed by atoms with Gasteiger partial charge in [-0.15, -0.1) is 11.3 Å². The first kappa shape index (κ1) is 17.0. The highest BCUT2D eigenvalue weighted by Gasteiger charge is 2.17. The molecule has 8 heteroatoms. The molecule has 6 nitrogen and oxygen atoms in total. The van der Waals surface area contributed by atoms with Gasteiger partial charge in [0.15, 0.2) is 5.13 Å². The normalized spacial score (nSPS) is 14.4. The number of hydrogen-bond donors (Lipinski definition) is 3. The van der Waals surface area contributed by atoms with Gasteiger partial charge in [-0.05, 0) is 29.1 Å². The number of nitrogen functional groups attached to an aromatic ring is 1. The molecule has 0 radical (unpaired) electrons. The molecule has 1 aliphatic heterocycles. The summed E-state index contributed by atoms with van der Waals surface area (Å²) >= 11 is 3.06. The van der Waals surface area contributed by atoms with Crippen molar-refractivity contribution >= 4 is 45.1 Å². The van der Waals surface area contributed by atoms with Gasteiger partial charge in [0, 0.05) is 31.1 Å². The lowest BCUT2D eigenvalue weighted by Gasteiger charge is -2.26. The summed E-state index contributed by atoms with van der Waals surface area (Å²) in [5.74, 6) is -0.182. The lowest BCUT2D eigenvalue weighted by molar-refractivity contribution is 0.103. The van der Waals surface area contributed by atoms with Gasteiger partial charge in [-0.25, -0.2) is 4.98 Å². The second kappa shape index (κ2) is 7.45. The Morgan fingerprint density at radius 3 is 2.88 bits per heavy atom. The van der Waals surface area contributed by atoms with E-state index in [4.69, 9.17) is 5.73 Å². The van der Waals surface area contributed by atoms with Gasteiger partial charge in [-0.3, -0.25) is 4.79 Å². The number of piperazine rings is 1. The zero-order chi connectivity index (χ0) is 17.9. The fourth-order valence-corrected chi connectivity index (χ4v) is 4.40. The topological polar surface area (TPSA) is 83.3 Å². The van der Waals surface area contributed by atoms with Crippen molar-refractivity contribution in [3.8, 4) is 10.4 Å². The van der Waals surface area contributed by atoms with E-state index in [-0.39, 0.29) is 5.91 Å². The molecule has 26 heavy (non-hydrogen) atoms. The zero-order valence-corrected chi connectivity index (χ0v) is 15.7. The monoisotopic (exact) mass is 385 g/mol. The molecular weight excluding hydrogens is 366 g/mol. The highest BCUT2D eigenvalue weighted by atomic mass is 32.1. The Bertz CT molecular complexity index is 900. The van der Waals surface area contributed by atoms with Gasteiger partial charge in [-0.1, -0.05) is 23.5 Å². The summed E-state index contributed by atoms with van der Waals surface area (Å²) in [5, 5.41) is 9.15. The quantitative estimate of drug-likeness (QED) is 0.601. The predicted octanol–water partition coefficient (Wildman–Crippen LogP) is 3.12. The Hall–Kier alpha value is -2.42. The van der Waals surface area contributed by atoms with Gasteiger partial charge >= 0.3 is 0 Å². The van der Waals surface area contributed by atoms with Crippen LogP contribution in [-0.4, -0.2) is 37.1 Å². The fraction of sp³-hybridized carbons (Fsp3) is 0.222. The minimum atomic E-state index is -0.182. The standard InChI is InChI=1S/C18H19N5OS2/c19-13-4-3-12(15-2-1-9-25-15)10-14(13)22-17(24)16-11-21-18(26-16)23-7-5-20-6-8-23/h1-4,9-11,20H,5-8,19H2,(H,22,24). The van der Waals surface area contributed by atoms with E-state index in [2.05, 4.69) is 20.5 Å². The van der Waals surface area contributed by atoms with Crippen LogP contribution in [0.15, 0.2) is 41.9 Å². The van der Waals surface area contributed by atoms with Crippen LogP contribution in [0.1, 0.15) is 9.67 Å². The number of rotatable bonds is 4. The minimum absolute atomic E-state index is 0.182.